The standard InChI is InChI=1S/C21H14FN5OS/c1-12-15(20(28)26-21-25-17-8-7-14(22)10-18(17)29-21)11-23-27(12)19-9-6-13-4-2-3-5-16(13)24-19/h2-11H,1H3,(H,25,26,28). The maximum atomic E-state index is 13.4. The number of rotatable bonds is 3. The van der Waals surface area contributed by atoms with Gasteiger partial charge in [0.2, 0.25) is 0 Å². The average Bonchev–Trinajstić information content (AvgIpc) is 3.30. The second kappa shape index (κ2) is 6.75. The highest BCUT2D eigenvalue weighted by Gasteiger charge is 2.17. The molecule has 0 spiro atoms. The maximum absolute atomic E-state index is 13.4. The molecule has 8 heteroatoms. The fourth-order valence-electron chi connectivity index (χ4n) is 3.15. The molecular weight excluding hydrogens is 389 g/mol. The van der Waals surface area contributed by atoms with Crippen molar-refractivity contribution in [2.45, 2.75) is 6.92 Å². The summed E-state index contributed by atoms with van der Waals surface area (Å²) in [5.74, 6) is -0.0242. The van der Waals surface area contributed by atoms with E-state index in [2.05, 4.69) is 20.4 Å². The number of thiazole rings is 1. The minimum atomic E-state index is -0.334. The van der Waals surface area contributed by atoms with Crippen molar-refractivity contribution in [3.63, 3.8) is 0 Å². The van der Waals surface area contributed by atoms with Crippen LogP contribution in [0.5, 0.6) is 0 Å². The van der Waals surface area contributed by atoms with E-state index in [1.165, 1.54) is 29.7 Å². The van der Waals surface area contributed by atoms with Crippen LogP contribution in [0.2, 0.25) is 0 Å². The molecule has 0 fully saturated rings. The second-order valence-corrected chi connectivity index (χ2v) is 7.53. The molecule has 0 radical (unpaired) electrons. The Morgan fingerprint density at radius 2 is 1.93 bits per heavy atom. The van der Waals surface area contributed by atoms with Gasteiger partial charge >= 0.3 is 0 Å². The number of fused-ring (bicyclic) bond motifs is 2. The van der Waals surface area contributed by atoms with Crippen molar-refractivity contribution in [3.05, 3.63) is 77.9 Å². The first-order chi connectivity index (χ1) is 14.1. The highest BCUT2D eigenvalue weighted by Crippen LogP contribution is 2.27. The molecule has 2 aromatic carbocycles. The molecule has 3 heterocycles. The summed E-state index contributed by atoms with van der Waals surface area (Å²) >= 11 is 1.22. The van der Waals surface area contributed by atoms with Crippen molar-refractivity contribution in [2.24, 2.45) is 0 Å². The number of pyridine rings is 1. The fraction of sp³-hybridized carbons (Fsp3) is 0.0476. The van der Waals surface area contributed by atoms with Crippen molar-refractivity contribution < 1.29 is 9.18 Å². The predicted octanol–water partition coefficient (Wildman–Crippen LogP) is 4.73. The summed E-state index contributed by atoms with van der Waals surface area (Å²) in [6.45, 7) is 1.81. The summed E-state index contributed by atoms with van der Waals surface area (Å²) in [7, 11) is 0. The molecule has 1 N–H and O–H groups in total. The molecule has 29 heavy (non-hydrogen) atoms. The van der Waals surface area contributed by atoms with Crippen LogP contribution in [-0.2, 0) is 0 Å². The van der Waals surface area contributed by atoms with Gasteiger partial charge in [-0.3, -0.25) is 10.1 Å². The van der Waals surface area contributed by atoms with E-state index in [0.717, 1.165) is 10.9 Å². The Morgan fingerprint density at radius 1 is 1.07 bits per heavy atom. The minimum absolute atomic E-state index is 0.325. The number of nitrogens with zero attached hydrogens (tertiary/aromatic N) is 4. The molecule has 0 bridgehead atoms. The van der Waals surface area contributed by atoms with Crippen molar-refractivity contribution in [3.8, 4) is 5.82 Å². The summed E-state index contributed by atoms with van der Waals surface area (Å²) in [6.07, 6.45) is 1.51. The van der Waals surface area contributed by atoms with Gasteiger partial charge < -0.3 is 0 Å². The number of aromatic nitrogens is 4. The Labute approximate surface area is 168 Å². The van der Waals surface area contributed by atoms with Crippen LogP contribution < -0.4 is 5.32 Å². The number of benzene rings is 2. The zero-order valence-corrected chi connectivity index (χ0v) is 16.1. The topological polar surface area (TPSA) is 72.7 Å². The van der Waals surface area contributed by atoms with Crippen LogP contribution in [-0.4, -0.2) is 25.7 Å². The van der Waals surface area contributed by atoms with E-state index in [0.29, 0.717) is 32.4 Å². The van der Waals surface area contributed by atoms with Crippen molar-refractivity contribution >= 4 is 43.5 Å². The second-order valence-electron chi connectivity index (χ2n) is 6.50. The summed E-state index contributed by atoms with van der Waals surface area (Å²) in [6, 6.07) is 16.0. The van der Waals surface area contributed by atoms with E-state index in [-0.39, 0.29) is 11.7 Å². The van der Waals surface area contributed by atoms with Gasteiger partial charge in [0.05, 0.1) is 33.2 Å². The number of carbonyl (C=O) groups is 1. The number of halogens is 1. The van der Waals surface area contributed by atoms with Crippen molar-refractivity contribution in [1.82, 2.24) is 19.7 Å². The molecule has 5 rings (SSSR count). The third-order valence-electron chi connectivity index (χ3n) is 4.63. The summed E-state index contributed by atoms with van der Waals surface area (Å²) in [5.41, 5.74) is 2.58. The van der Waals surface area contributed by atoms with Crippen LogP contribution in [0.15, 0.2) is 60.8 Å². The SMILES string of the molecule is Cc1c(C(=O)Nc2nc3ccc(F)cc3s2)cnn1-c1ccc2ccccc2n1. The molecule has 1 amide bonds. The largest absolute Gasteiger partial charge is 0.298 e. The van der Waals surface area contributed by atoms with Gasteiger partial charge in [-0.1, -0.05) is 29.5 Å². The van der Waals surface area contributed by atoms with Gasteiger partial charge in [0.15, 0.2) is 10.9 Å². The van der Waals surface area contributed by atoms with E-state index >= 15 is 0 Å². The normalized spacial score (nSPS) is 11.2. The number of carbonyl (C=O) groups excluding carboxylic acids is 1. The average molecular weight is 403 g/mol. The lowest BCUT2D eigenvalue weighted by molar-refractivity contribution is 0.102. The molecule has 0 atom stereocenters. The number of nitrogens with one attached hydrogen (secondary N) is 1. The third-order valence-corrected chi connectivity index (χ3v) is 5.56. The fourth-order valence-corrected chi connectivity index (χ4v) is 4.04. The van der Waals surface area contributed by atoms with Gasteiger partial charge in [-0.15, -0.1) is 0 Å². The first-order valence-corrected chi connectivity index (χ1v) is 9.68. The molecule has 0 aliphatic rings. The van der Waals surface area contributed by atoms with Crippen LogP contribution in [0.4, 0.5) is 9.52 Å². The maximum Gasteiger partial charge on any atom is 0.260 e. The Bertz CT molecular complexity index is 1390. The molecule has 5 aromatic rings. The zero-order chi connectivity index (χ0) is 20.0. The Kier molecular flexibility index (Phi) is 4.06. The van der Waals surface area contributed by atoms with Gasteiger partial charge in [0, 0.05) is 5.39 Å². The van der Waals surface area contributed by atoms with Crippen molar-refractivity contribution in [2.75, 3.05) is 5.32 Å². The number of para-hydroxylation sites is 1. The van der Waals surface area contributed by atoms with Gasteiger partial charge in [0.25, 0.3) is 5.91 Å². The lowest BCUT2D eigenvalue weighted by Gasteiger charge is -2.06. The number of amides is 1. The summed E-state index contributed by atoms with van der Waals surface area (Å²) < 4.78 is 15.7. The lowest BCUT2D eigenvalue weighted by Crippen LogP contribution is -2.13. The quantitative estimate of drug-likeness (QED) is 0.473. The van der Waals surface area contributed by atoms with Crippen LogP contribution >= 0.6 is 11.3 Å². The van der Waals surface area contributed by atoms with Crippen LogP contribution in [0.1, 0.15) is 16.1 Å². The number of hydrogen-bond donors (Lipinski definition) is 1. The van der Waals surface area contributed by atoms with Gasteiger partial charge in [0.1, 0.15) is 5.82 Å². The Hall–Kier alpha value is -3.65. The predicted molar refractivity (Wildman–Crippen MR) is 111 cm³/mol. The minimum Gasteiger partial charge on any atom is -0.298 e. The van der Waals surface area contributed by atoms with E-state index in [1.807, 2.05) is 43.3 Å². The highest BCUT2D eigenvalue weighted by molar-refractivity contribution is 7.22. The monoisotopic (exact) mass is 403 g/mol. The Morgan fingerprint density at radius 3 is 2.83 bits per heavy atom. The third kappa shape index (κ3) is 3.13. The van der Waals surface area contributed by atoms with Crippen molar-refractivity contribution in [1.29, 1.82) is 0 Å². The first-order valence-electron chi connectivity index (χ1n) is 8.87. The summed E-state index contributed by atoms with van der Waals surface area (Å²) in [5, 5.41) is 8.55. The zero-order valence-electron chi connectivity index (χ0n) is 15.3. The van der Waals surface area contributed by atoms with E-state index < -0.39 is 0 Å². The summed E-state index contributed by atoms with van der Waals surface area (Å²) in [4.78, 5) is 21.7. The van der Waals surface area contributed by atoms with Crippen LogP contribution in [0, 0.1) is 12.7 Å². The number of hydrogen-bond acceptors (Lipinski definition) is 5. The smallest absolute Gasteiger partial charge is 0.260 e. The molecule has 0 aliphatic heterocycles. The molecule has 0 aliphatic carbocycles. The number of anilines is 1. The molecular formula is C21H14FN5OS. The van der Waals surface area contributed by atoms with Crippen LogP contribution in [0.25, 0.3) is 26.9 Å². The van der Waals surface area contributed by atoms with E-state index in [4.69, 9.17) is 0 Å². The van der Waals surface area contributed by atoms with Gasteiger partial charge in [-0.25, -0.2) is 19.0 Å². The molecule has 0 unspecified atom stereocenters. The van der Waals surface area contributed by atoms with E-state index in [1.54, 1.807) is 10.7 Å². The molecule has 3 aromatic heterocycles. The lowest BCUT2D eigenvalue weighted by atomic mass is 10.2. The molecule has 0 saturated carbocycles. The van der Waals surface area contributed by atoms with Gasteiger partial charge in [-0.05, 0) is 43.3 Å². The highest BCUT2D eigenvalue weighted by atomic mass is 32.1. The van der Waals surface area contributed by atoms with Crippen LogP contribution in [0.3, 0.4) is 0 Å². The first kappa shape index (κ1) is 17.4. The molecule has 0 saturated heterocycles. The van der Waals surface area contributed by atoms with Gasteiger partial charge in [-0.2, -0.15) is 5.10 Å². The molecule has 6 nitrogen and oxygen atoms in total. The van der Waals surface area contributed by atoms with E-state index in [9.17, 15) is 9.18 Å². The molecule has 142 valence electrons. The Balaban J connectivity index is 1.45.